The van der Waals surface area contributed by atoms with Gasteiger partial charge in [0.1, 0.15) is 5.75 Å². The van der Waals surface area contributed by atoms with Crippen LogP contribution in [0.25, 0.3) is 0 Å². The Morgan fingerprint density at radius 2 is 1.77 bits per heavy atom. The molecule has 26 heavy (non-hydrogen) atoms. The zero-order valence-corrected chi connectivity index (χ0v) is 15.8. The van der Waals surface area contributed by atoms with Gasteiger partial charge in [0.2, 0.25) is 6.10 Å². The normalized spacial score (nSPS) is 11.5. The van der Waals surface area contributed by atoms with E-state index in [1.54, 1.807) is 43.5 Å². The maximum atomic E-state index is 12.7. The highest BCUT2D eigenvalue weighted by atomic mass is 32.2. The van der Waals surface area contributed by atoms with Crippen LogP contribution < -0.4 is 10.1 Å². The smallest absolute Gasteiger partial charge is 0.317 e. The minimum absolute atomic E-state index is 0.229. The van der Waals surface area contributed by atoms with Crippen molar-refractivity contribution in [2.75, 3.05) is 23.9 Å². The molecule has 2 rings (SSSR count). The second-order valence-corrected chi connectivity index (χ2v) is 6.66. The number of carbonyl (C=O) groups excluding carboxylic acids is 2. The summed E-state index contributed by atoms with van der Waals surface area (Å²) < 4.78 is 10.6. The Morgan fingerprint density at radius 3 is 2.38 bits per heavy atom. The van der Waals surface area contributed by atoms with Gasteiger partial charge < -0.3 is 14.8 Å². The first kappa shape index (κ1) is 19.8. The van der Waals surface area contributed by atoms with Gasteiger partial charge in [0.25, 0.3) is 5.91 Å². The lowest BCUT2D eigenvalue weighted by Crippen LogP contribution is -2.26. The van der Waals surface area contributed by atoms with Crippen molar-refractivity contribution in [2.24, 2.45) is 0 Å². The van der Waals surface area contributed by atoms with E-state index in [9.17, 15) is 9.59 Å². The number of thioether (sulfide) groups is 1. The van der Waals surface area contributed by atoms with Crippen molar-refractivity contribution in [3.05, 3.63) is 60.2 Å². The molecular weight excluding hydrogens is 350 g/mol. The molecule has 0 bridgehead atoms. The Morgan fingerprint density at radius 1 is 1.08 bits per heavy atom. The van der Waals surface area contributed by atoms with Crippen LogP contribution in [-0.4, -0.2) is 30.5 Å². The predicted molar refractivity (Wildman–Crippen MR) is 105 cm³/mol. The summed E-state index contributed by atoms with van der Waals surface area (Å²) in [6.45, 7) is 2.05. The first-order valence-corrected chi connectivity index (χ1v) is 9.56. The van der Waals surface area contributed by atoms with E-state index >= 15 is 0 Å². The summed E-state index contributed by atoms with van der Waals surface area (Å²) in [7, 11) is 1.58. The zero-order valence-electron chi connectivity index (χ0n) is 14.9. The number of hydrogen-bond acceptors (Lipinski definition) is 5. The lowest BCUT2D eigenvalue weighted by Gasteiger charge is -2.18. The number of methoxy groups -OCH3 is 1. The van der Waals surface area contributed by atoms with Crippen molar-refractivity contribution in [1.29, 1.82) is 0 Å². The summed E-state index contributed by atoms with van der Waals surface area (Å²) in [5.41, 5.74) is 1.24. The Bertz CT molecular complexity index is 704. The van der Waals surface area contributed by atoms with Gasteiger partial charge >= 0.3 is 5.97 Å². The van der Waals surface area contributed by atoms with Crippen molar-refractivity contribution in [2.45, 2.75) is 19.4 Å². The molecule has 1 amide bonds. The number of benzene rings is 2. The van der Waals surface area contributed by atoms with Gasteiger partial charge in [-0.15, -0.1) is 0 Å². The average molecular weight is 373 g/mol. The molecule has 0 aromatic heterocycles. The maximum absolute atomic E-state index is 12.7. The molecule has 2 aromatic carbocycles. The van der Waals surface area contributed by atoms with E-state index in [1.807, 2.05) is 25.1 Å². The summed E-state index contributed by atoms with van der Waals surface area (Å²) in [6, 6.07) is 16.0. The van der Waals surface area contributed by atoms with Gasteiger partial charge in [-0.25, -0.2) is 0 Å². The number of nitrogens with one attached hydrogen (secondary N) is 1. The van der Waals surface area contributed by atoms with Crippen LogP contribution in [0.1, 0.15) is 25.0 Å². The molecule has 0 spiro atoms. The molecule has 138 valence electrons. The van der Waals surface area contributed by atoms with Crippen LogP contribution in [0.5, 0.6) is 5.75 Å². The molecular formula is C20H23NO4S. The van der Waals surface area contributed by atoms with Crippen molar-refractivity contribution >= 4 is 29.3 Å². The first-order valence-electron chi connectivity index (χ1n) is 8.41. The van der Waals surface area contributed by atoms with Crippen LogP contribution in [-0.2, 0) is 14.3 Å². The third-order valence-electron chi connectivity index (χ3n) is 3.52. The summed E-state index contributed by atoms with van der Waals surface area (Å²) in [4.78, 5) is 24.8. The highest BCUT2D eigenvalue weighted by Crippen LogP contribution is 2.22. The molecule has 0 radical (unpaired) electrons. The van der Waals surface area contributed by atoms with E-state index in [-0.39, 0.29) is 5.75 Å². The molecule has 1 atom stereocenters. The number of carbonyl (C=O) groups is 2. The first-order chi connectivity index (χ1) is 12.6. The van der Waals surface area contributed by atoms with E-state index in [4.69, 9.17) is 9.47 Å². The SMILES string of the molecule is CCCSCC(=O)OC(C(=O)Nc1ccc(OC)cc1)c1ccccc1. The topological polar surface area (TPSA) is 64.6 Å². The number of rotatable bonds is 9. The predicted octanol–water partition coefficient (Wildman–Crippen LogP) is 4.06. The van der Waals surface area contributed by atoms with Crippen LogP contribution in [0.3, 0.4) is 0 Å². The maximum Gasteiger partial charge on any atom is 0.317 e. The lowest BCUT2D eigenvalue weighted by molar-refractivity contribution is -0.152. The summed E-state index contributed by atoms with van der Waals surface area (Å²) >= 11 is 1.50. The van der Waals surface area contributed by atoms with Crippen LogP contribution >= 0.6 is 11.8 Å². The highest BCUT2D eigenvalue weighted by Gasteiger charge is 2.25. The van der Waals surface area contributed by atoms with E-state index in [0.29, 0.717) is 17.0 Å². The molecule has 0 heterocycles. The van der Waals surface area contributed by atoms with E-state index in [1.165, 1.54) is 11.8 Å². The lowest BCUT2D eigenvalue weighted by atomic mass is 10.1. The van der Waals surface area contributed by atoms with Crippen molar-refractivity contribution in [3.63, 3.8) is 0 Å². The van der Waals surface area contributed by atoms with E-state index in [2.05, 4.69) is 5.32 Å². The molecule has 0 aliphatic rings. The number of amides is 1. The molecule has 2 aromatic rings. The molecule has 0 aliphatic carbocycles. The van der Waals surface area contributed by atoms with Gasteiger partial charge in [0.05, 0.1) is 12.9 Å². The Hall–Kier alpha value is -2.47. The van der Waals surface area contributed by atoms with E-state index < -0.39 is 18.0 Å². The van der Waals surface area contributed by atoms with Crippen LogP contribution in [0.2, 0.25) is 0 Å². The fourth-order valence-electron chi connectivity index (χ4n) is 2.25. The van der Waals surface area contributed by atoms with Gasteiger partial charge in [-0.1, -0.05) is 37.3 Å². The molecule has 1 N–H and O–H groups in total. The van der Waals surface area contributed by atoms with Crippen LogP contribution in [0, 0.1) is 0 Å². The fraction of sp³-hybridized carbons (Fsp3) is 0.300. The Balaban J connectivity index is 2.09. The molecule has 0 saturated heterocycles. The fourth-order valence-corrected chi connectivity index (χ4v) is 2.92. The second-order valence-electron chi connectivity index (χ2n) is 5.55. The number of ether oxygens (including phenoxy) is 2. The third-order valence-corrected chi connectivity index (χ3v) is 4.65. The number of esters is 1. The highest BCUT2D eigenvalue weighted by molar-refractivity contribution is 7.99. The second kappa shape index (κ2) is 10.5. The third kappa shape index (κ3) is 6.11. The molecule has 0 aliphatic heterocycles. The minimum atomic E-state index is -0.993. The Labute approximate surface area is 158 Å². The van der Waals surface area contributed by atoms with Gasteiger partial charge in [0, 0.05) is 11.3 Å². The summed E-state index contributed by atoms with van der Waals surface area (Å²) in [5.74, 6) is 1.01. The Kier molecular flexibility index (Phi) is 8.02. The monoisotopic (exact) mass is 373 g/mol. The average Bonchev–Trinajstić information content (AvgIpc) is 2.67. The molecule has 0 saturated carbocycles. The summed E-state index contributed by atoms with van der Waals surface area (Å²) in [5, 5.41) is 2.79. The van der Waals surface area contributed by atoms with Crippen molar-refractivity contribution < 1.29 is 19.1 Å². The molecule has 6 heteroatoms. The molecule has 1 unspecified atom stereocenters. The van der Waals surface area contributed by atoms with E-state index in [0.717, 1.165) is 12.2 Å². The number of anilines is 1. The van der Waals surface area contributed by atoms with Gasteiger partial charge in [-0.2, -0.15) is 11.8 Å². The summed E-state index contributed by atoms with van der Waals surface area (Å²) in [6.07, 6.45) is -0.00842. The van der Waals surface area contributed by atoms with Crippen LogP contribution in [0.15, 0.2) is 54.6 Å². The van der Waals surface area contributed by atoms with Gasteiger partial charge in [-0.05, 0) is 36.4 Å². The molecule has 0 fully saturated rings. The largest absolute Gasteiger partial charge is 0.497 e. The van der Waals surface area contributed by atoms with Gasteiger partial charge in [-0.3, -0.25) is 9.59 Å². The van der Waals surface area contributed by atoms with Gasteiger partial charge in [0.15, 0.2) is 0 Å². The number of hydrogen-bond donors (Lipinski definition) is 1. The van der Waals surface area contributed by atoms with Crippen molar-refractivity contribution in [1.82, 2.24) is 0 Å². The van der Waals surface area contributed by atoms with Crippen molar-refractivity contribution in [3.8, 4) is 5.75 Å². The minimum Gasteiger partial charge on any atom is -0.497 e. The molecule has 5 nitrogen and oxygen atoms in total. The standard InChI is InChI=1S/C20H23NO4S/c1-3-13-26-14-18(22)25-19(15-7-5-4-6-8-15)20(23)21-16-9-11-17(24-2)12-10-16/h4-12,19H,3,13-14H2,1-2H3,(H,21,23). The quantitative estimate of drug-likeness (QED) is 0.530. The van der Waals surface area contributed by atoms with Crippen LogP contribution in [0.4, 0.5) is 5.69 Å². The zero-order chi connectivity index (χ0) is 18.8.